The van der Waals surface area contributed by atoms with Gasteiger partial charge < -0.3 is 30.1 Å². The molecule has 0 unspecified atom stereocenters. The van der Waals surface area contributed by atoms with E-state index in [1.165, 1.54) is 25.3 Å². The van der Waals surface area contributed by atoms with Crippen molar-refractivity contribution in [2.45, 2.75) is 13.1 Å². The number of hydrogen-bond acceptors (Lipinski definition) is 8. The number of piperazine rings is 2. The molecule has 2 aliphatic heterocycles. The number of ether oxygens (including phenoxy) is 1. The summed E-state index contributed by atoms with van der Waals surface area (Å²) in [6.07, 6.45) is 0. The van der Waals surface area contributed by atoms with Crippen molar-refractivity contribution in [3.63, 3.8) is 0 Å². The van der Waals surface area contributed by atoms with Gasteiger partial charge in [0.1, 0.15) is 11.6 Å². The number of Topliss-reactive ketones (excluding diaryl/α,β-unsaturated/α-hetero) is 1. The number of benzene rings is 4. The number of amides is 4. The van der Waals surface area contributed by atoms with Crippen LogP contribution in [0.3, 0.4) is 0 Å². The molecular formula is C42H49F2N7O5. The molecule has 0 aromatic heterocycles. The molecule has 6 rings (SSSR count). The van der Waals surface area contributed by atoms with Crippen LogP contribution in [0.25, 0.3) is 0 Å². The van der Waals surface area contributed by atoms with Gasteiger partial charge in [0, 0.05) is 80.4 Å². The maximum atomic E-state index is 14.6. The van der Waals surface area contributed by atoms with Gasteiger partial charge in [-0.2, -0.15) is 0 Å². The SMILES string of the molecule is CN1CCN(C(=O)N(Cc2ccc(C(=O)CN)cc2F)c2ccccc2)CC1.COC(=O)c1ccc(CN(C(=O)N2CCN(C)CC2)c2ccccc2)c(F)c1. The Bertz CT molecular complexity index is 1810. The normalized spacial score (nSPS) is 14.7. The van der Waals surface area contributed by atoms with E-state index in [2.05, 4.69) is 14.5 Å². The average molecular weight is 770 g/mol. The molecule has 4 aromatic rings. The summed E-state index contributed by atoms with van der Waals surface area (Å²) in [6.45, 7) is 5.71. The molecular weight excluding hydrogens is 721 g/mol. The van der Waals surface area contributed by atoms with Crippen LogP contribution in [0.15, 0.2) is 97.1 Å². The van der Waals surface area contributed by atoms with Gasteiger partial charge in [-0.1, -0.05) is 54.6 Å². The van der Waals surface area contributed by atoms with Crippen molar-refractivity contribution in [3.05, 3.63) is 131 Å². The molecule has 14 heteroatoms. The number of esters is 1. The van der Waals surface area contributed by atoms with Gasteiger partial charge >= 0.3 is 18.0 Å². The third kappa shape index (κ3) is 10.7. The molecule has 2 heterocycles. The smallest absolute Gasteiger partial charge is 0.337 e. The van der Waals surface area contributed by atoms with Crippen LogP contribution in [0.5, 0.6) is 0 Å². The van der Waals surface area contributed by atoms with Crippen LogP contribution in [-0.2, 0) is 17.8 Å². The summed E-state index contributed by atoms with van der Waals surface area (Å²) in [7, 11) is 5.30. The lowest BCUT2D eigenvalue weighted by Crippen LogP contribution is -2.52. The van der Waals surface area contributed by atoms with Crippen LogP contribution in [0.4, 0.5) is 29.7 Å². The fourth-order valence-electron chi connectivity index (χ4n) is 6.32. The van der Waals surface area contributed by atoms with Crippen LogP contribution in [0, 0.1) is 11.6 Å². The highest BCUT2D eigenvalue weighted by molar-refractivity contribution is 5.97. The quantitative estimate of drug-likeness (QED) is 0.179. The van der Waals surface area contributed by atoms with Crippen LogP contribution >= 0.6 is 0 Å². The zero-order chi connectivity index (χ0) is 40.2. The number of para-hydroxylation sites is 2. The molecule has 4 amide bonds. The Labute approximate surface area is 326 Å². The lowest BCUT2D eigenvalue weighted by atomic mass is 10.1. The molecule has 0 radical (unpaired) electrons. The second kappa shape index (κ2) is 19.8. The Morgan fingerprint density at radius 3 is 1.38 bits per heavy atom. The second-order valence-corrected chi connectivity index (χ2v) is 13.7. The van der Waals surface area contributed by atoms with E-state index in [0.717, 1.165) is 32.2 Å². The maximum absolute atomic E-state index is 14.6. The highest BCUT2D eigenvalue weighted by Gasteiger charge is 2.28. The fourth-order valence-corrected chi connectivity index (χ4v) is 6.32. The highest BCUT2D eigenvalue weighted by Crippen LogP contribution is 2.24. The first-order valence-corrected chi connectivity index (χ1v) is 18.5. The topological polar surface area (TPSA) is 123 Å². The molecule has 4 aromatic carbocycles. The number of nitrogens with two attached hydrogens (primary N) is 1. The summed E-state index contributed by atoms with van der Waals surface area (Å²) < 4.78 is 33.9. The monoisotopic (exact) mass is 769 g/mol. The van der Waals surface area contributed by atoms with Crippen molar-refractivity contribution >= 4 is 35.2 Å². The van der Waals surface area contributed by atoms with E-state index in [4.69, 9.17) is 5.73 Å². The predicted octanol–water partition coefficient (Wildman–Crippen LogP) is 5.33. The minimum Gasteiger partial charge on any atom is -0.465 e. The number of halogens is 2. The lowest BCUT2D eigenvalue weighted by Gasteiger charge is -2.36. The van der Waals surface area contributed by atoms with Gasteiger partial charge in [0.25, 0.3) is 0 Å². The van der Waals surface area contributed by atoms with Crippen molar-refractivity contribution in [2.24, 2.45) is 5.73 Å². The zero-order valence-electron chi connectivity index (χ0n) is 32.1. The third-order valence-corrected chi connectivity index (χ3v) is 9.84. The van der Waals surface area contributed by atoms with Gasteiger partial charge in [0.15, 0.2) is 5.78 Å². The Morgan fingerprint density at radius 1 is 0.607 bits per heavy atom. The van der Waals surface area contributed by atoms with Crippen molar-refractivity contribution in [1.29, 1.82) is 0 Å². The van der Waals surface area contributed by atoms with Gasteiger partial charge in [0.05, 0.1) is 32.3 Å². The second-order valence-electron chi connectivity index (χ2n) is 13.7. The first kappa shape index (κ1) is 41.5. The molecule has 0 spiro atoms. The number of anilines is 2. The van der Waals surface area contributed by atoms with E-state index in [1.807, 2.05) is 74.8 Å². The molecule has 2 saturated heterocycles. The molecule has 56 heavy (non-hydrogen) atoms. The summed E-state index contributed by atoms with van der Waals surface area (Å²) in [5, 5.41) is 0. The minimum absolute atomic E-state index is 0.0719. The van der Waals surface area contributed by atoms with Gasteiger partial charge in [-0.3, -0.25) is 14.6 Å². The number of nitrogens with zero attached hydrogens (tertiary/aromatic N) is 6. The molecule has 12 nitrogen and oxygen atoms in total. The molecule has 2 N–H and O–H groups in total. The minimum atomic E-state index is -0.598. The van der Waals surface area contributed by atoms with E-state index >= 15 is 0 Å². The highest BCUT2D eigenvalue weighted by atomic mass is 19.1. The first-order valence-electron chi connectivity index (χ1n) is 18.5. The molecule has 0 saturated carbocycles. The average Bonchev–Trinajstić information content (AvgIpc) is 3.23. The van der Waals surface area contributed by atoms with Crippen molar-refractivity contribution in [2.75, 3.05) is 89.9 Å². The van der Waals surface area contributed by atoms with Gasteiger partial charge in [-0.15, -0.1) is 0 Å². The van der Waals surface area contributed by atoms with Crippen molar-refractivity contribution < 1.29 is 32.7 Å². The van der Waals surface area contributed by atoms with E-state index in [1.54, 1.807) is 31.7 Å². The van der Waals surface area contributed by atoms with Gasteiger partial charge in [-0.25, -0.2) is 23.2 Å². The fraction of sp³-hybridized carbons (Fsp3) is 0.333. The number of urea groups is 2. The van der Waals surface area contributed by atoms with E-state index in [9.17, 15) is 28.0 Å². The van der Waals surface area contributed by atoms with E-state index in [-0.39, 0.29) is 48.6 Å². The molecule has 2 aliphatic rings. The summed E-state index contributed by atoms with van der Waals surface area (Å²) in [5.74, 6) is -1.99. The molecule has 296 valence electrons. The number of rotatable bonds is 9. The number of hydrogen-bond donors (Lipinski definition) is 1. The zero-order valence-corrected chi connectivity index (χ0v) is 32.1. The largest absolute Gasteiger partial charge is 0.465 e. The first-order chi connectivity index (χ1) is 27.0. The number of carbonyl (C=O) groups excluding carboxylic acids is 4. The predicted molar refractivity (Wildman–Crippen MR) is 212 cm³/mol. The van der Waals surface area contributed by atoms with E-state index < -0.39 is 17.6 Å². The third-order valence-electron chi connectivity index (χ3n) is 9.84. The molecule has 0 bridgehead atoms. The Balaban J connectivity index is 0.000000214. The van der Waals surface area contributed by atoms with Crippen molar-refractivity contribution in [1.82, 2.24) is 19.6 Å². The number of methoxy groups -OCH3 is 1. The summed E-state index contributed by atoms with van der Waals surface area (Å²) in [4.78, 5) is 60.7. The Kier molecular flexibility index (Phi) is 14.6. The van der Waals surface area contributed by atoms with Crippen LogP contribution in [0.2, 0.25) is 0 Å². The summed E-state index contributed by atoms with van der Waals surface area (Å²) >= 11 is 0. The number of ketones is 1. The van der Waals surface area contributed by atoms with Crippen LogP contribution < -0.4 is 15.5 Å². The van der Waals surface area contributed by atoms with Crippen molar-refractivity contribution in [3.8, 4) is 0 Å². The standard InChI is InChI=1S/C21H25FN4O2.C21H24FN3O3/c1-24-9-11-25(12-10-24)21(28)26(18-5-3-2-4-6-18)15-17-8-7-16(13-19(17)22)20(27)14-23;1-23-10-12-24(13-11-23)21(27)25(18-6-4-3-5-7-18)15-17-9-8-16(14-19(17)22)20(26)28-2/h2-8,13H,9-12,14-15,23H2,1H3;3-9,14H,10-13,15H2,1-2H3. The van der Waals surface area contributed by atoms with Gasteiger partial charge in [-0.05, 0) is 56.6 Å². The molecule has 0 aliphatic carbocycles. The molecule has 0 atom stereocenters. The Morgan fingerprint density at radius 2 is 1.00 bits per heavy atom. The molecule has 2 fully saturated rings. The number of carbonyl (C=O) groups is 4. The van der Waals surface area contributed by atoms with Crippen LogP contribution in [-0.4, -0.2) is 124 Å². The number of likely N-dealkylation sites (N-methyl/N-ethyl adjacent to an activating group) is 2. The van der Waals surface area contributed by atoms with E-state index in [0.29, 0.717) is 48.7 Å². The van der Waals surface area contributed by atoms with Gasteiger partial charge in [0.2, 0.25) is 0 Å². The Hall–Kier alpha value is -5.70. The summed E-state index contributed by atoms with van der Waals surface area (Å²) in [6, 6.07) is 26.6. The lowest BCUT2D eigenvalue weighted by molar-refractivity contribution is 0.0600. The summed E-state index contributed by atoms with van der Waals surface area (Å²) in [5.41, 5.74) is 7.80. The van der Waals surface area contributed by atoms with Crippen LogP contribution in [0.1, 0.15) is 31.8 Å². The maximum Gasteiger partial charge on any atom is 0.337 e.